The fourth-order valence-corrected chi connectivity index (χ4v) is 0.960. The molecule has 0 rings (SSSR count). The van der Waals surface area contributed by atoms with E-state index >= 15 is 0 Å². The molecule has 0 radical (unpaired) electrons. The largest absolute Gasteiger partial charge is 1.00 e. The molecule has 0 fully saturated rings. The van der Waals surface area contributed by atoms with E-state index < -0.39 is 43.8 Å². The summed E-state index contributed by atoms with van der Waals surface area (Å²) in [5.41, 5.74) is 0. The number of aliphatic hydroxyl groups is 1. The SMILES string of the molecule is C=C.CC(O)OC(=O)CN(CC(=O)O)CC(=O)O.N.N.[H-].[Na+]. The van der Waals surface area contributed by atoms with E-state index in [2.05, 4.69) is 17.9 Å². The van der Waals surface area contributed by atoms with Crippen LogP contribution in [0.25, 0.3) is 0 Å². The van der Waals surface area contributed by atoms with Gasteiger partial charge in [0.2, 0.25) is 0 Å². The van der Waals surface area contributed by atoms with Crippen LogP contribution < -0.4 is 41.9 Å². The van der Waals surface area contributed by atoms with Crippen molar-refractivity contribution in [1.82, 2.24) is 17.2 Å². The molecule has 0 aliphatic rings. The quantitative estimate of drug-likeness (QED) is 0.136. The van der Waals surface area contributed by atoms with Crippen LogP contribution in [0.15, 0.2) is 13.2 Å². The Hall–Kier alpha value is -1.01. The van der Waals surface area contributed by atoms with Gasteiger partial charge in [-0.15, -0.1) is 13.2 Å². The third-order valence-corrected chi connectivity index (χ3v) is 1.37. The second kappa shape index (κ2) is 19.0. The standard InChI is InChI=1S/C8H13NO7.C2H4.2H3N.Na.H/c1-5(10)16-8(15)4-9(2-6(11)12)3-7(13)14;1-2;;;;/h5,10H,2-4H2,1H3,(H,11,12)(H,13,14);1-2H2;2*1H3;;/q;;;;+1;-1. The zero-order valence-corrected chi connectivity index (χ0v) is 14.4. The molecule has 0 saturated carbocycles. The Kier molecular flexibility index (Phi) is 29.0. The summed E-state index contributed by atoms with van der Waals surface area (Å²) in [5.74, 6) is -3.41. The van der Waals surface area contributed by atoms with Gasteiger partial charge in [0.25, 0.3) is 0 Å². The van der Waals surface area contributed by atoms with Gasteiger partial charge in [0.05, 0.1) is 19.6 Å². The van der Waals surface area contributed by atoms with Crippen LogP contribution in [-0.4, -0.2) is 64.1 Å². The second-order valence-electron chi connectivity index (χ2n) is 3.02. The number of nitrogens with zero attached hydrogens (tertiary/aromatic N) is 1. The predicted octanol–water partition coefficient (Wildman–Crippen LogP) is -3.42. The Balaban J connectivity index is -0.000000102. The molecule has 10 nitrogen and oxygen atoms in total. The Morgan fingerprint density at radius 3 is 1.67 bits per heavy atom. The zero-order valence-electron chi connectivity index (χ0n) is 13.4. The number of rotatable bonds is 7. The predicted molar refractivity (Wildman–Crippen MR) is 71.9 cm³/mol. The molecule has 0 aromatic carbocycles. The van der Waals surface area contributed by atoms with Crippen molar-refractivity contribution in [3.05, 3.63) is 13.2 Å². The van der Waals surface area contributed by atoms with Gasteiger partial charge in [0.1, 0.15) is 0 Å². The maximum absolute atomic E-state index is 11.0. The molecule has 0 aliphatic carbocycles. The fourth-order valence-electron chi connectivity index (χ4n) is 0.960. The number of carboxylic acid groups (broad SMARTS) is 2. The molecule has 0 aromatic rings. The molecule has 0 amide bonds. The summed E-state index contributed by atoms with van der Waals surface area (Å²) in [6.45, 7) is 5.50. The molecular weight excluding hydrogens is 297 g/mol. The molecule has 0 saturated heterocycles. The summed E-state index contributed by atoms with van der Waals surface area (Å²) in [6, 6.07) is 0. The van der Waals surface area contributed by atoms with Gasteiger partial charge in [0.15, 0.2) is 6.29 Å². The van der Waals surface area contributed by atoms with E-state index in [1.165, 1.54) is 6.92 Å². The zero-order chi connectivity index (χ0) is 14.7. The minimum absolute atomic E-state index is 0. The van der Waals surface area contributed by atoms with Crippen molar-refractivity contribution in [1.29, 1.82) is 0 Å². The Labute approximate surface area is 146 Å². The van der Waals surface area contributed by atoms with E-state index in [1.807, 2.05) is 0 Å². The number of carbonyl (C=O) groups is 3. The normalized spacial score (nSPS) is 9.48. The molecule has 1 atom stereocenters. The third-order valence-electron chi connectivity index (χ3n) is 1.37. The Morgan fingerprint density at radius 2 is 1.43 bits per heavy atom. The molecule has 11 heteroatoms. The average Bonchev–Trinajstić information content (AvgIpc) is 2.16. The molecule has 0 bridgehead atoms. The molecule has 9 N–H and O–H groups in total. The van der Waals surface area contributed by atoms with Crippen molar-refractivity contribution in [2.75, 3.05) is 19.6 Å². The summed E-state index contributed by atoms with van der Waals surface area (Å²) in [4.78, 5) is 32.6. The molecule has 21 heavy (non-hydrogen) atoms. The van der Waals surface area contributed by atoms with Crippen LogP contribution in [-0.2, 0) is 19.1 Å². The van der Waals surface area contributed by atoms with Crippen LogP contribution in [0.2, 0.25) is 0 Å². The Bertz CT molecular complexity index is 292. The Morgan fingerprint density at radius 1 is 1.10 bits per heavy atom. The number of ether oxygens (including phenoxy) is 1. The van der Waals surface area contributed by atoms with Crippen molar-refractivity contribution in [2.24, 2.45) is 0 Å². The molecule has 0 heterocycles. The van der Waals surface area contributed by atoms with Gasteiger partial charge in [-0.1, -0.05) is 0 Å². The smallest absolute Gasteiger partial charge is 1.00 e. The first-order valence-corrected chi connectivity index (χ1v) is 4.84. The third kappa shape index (κ3) is 24.4. The van der Waals surface area contributed by atoms with Gasteiger partial charge >= 0.3 is 47.5 Å². The van der Waals surface area contributed by atoms with Crippen LogP contribution in [0.5, 0.6) is 0 Å². The monoisotopic (exact) mass is 321 g/mol. The number of hydrogen-bond acceptors (Lipinski definition) is 8. The van der Waals surface area contributed by atoms with E-state index in [1.54, 1.807) is 0 Å². The van der Waals surface area contributed by atoms with Crippen LogP contribution in [0.3, 0.4) is 0 Å². The van der Waals surface area contributed by atoms with Crippen molar-refractivity contribution < 1.29 is 65.4 Å². The number of aliphatic carboxylic acids is 2. The van der Waals surface area contributed by atoms with Crippen LogP contribution >= 0.6 is 0 Å². The first kappa shape index (κ1) is 32.1. The first-order chi connectivity index (χ1) is 8.31. The first-order valence-electron chi connectivity index (χ1n) is 4.84. The molecule has 1 unspecified atom stereocenters. The molecule has 0 spiro atoms. The fraction of sp³-hybridized carbons (Fsp3) is 0.500. The van der Waals surface area contributed by atoms with E-state index in [0.717, 1.165) is 4.90 Å². The summed E-state index contributed by atoms with van der Waals surface area (Å²) in [6.07, 6.45) is -1.32. The van der Waals surface area contributed by atoms with E-state index in [9.17, 15) is 14.4 Å². The minimum atomic E-state index is -1.32. The van der Waals surface area contributed by atoms with Crippen LogP contribution in [0.1, 0.15) is 8.35 Å². The van der Waals surface area contributed by atoms with Gasteiger partial charge in [-0.2, -0.15) is 0 Å². The van der Waals surface area contributed by atoms with Crippen molar-refractivity contribution in [3.63, 3.8) is 0 Å². The maximum atomic E-state index is 11.0. The second-order valence-corrected chi connectivity index (χ2v) is 3.02. The topological polar surface area (TPSA) is 194 Å². The number of carboxylic acids is 2. The minimum Gasteiger partial charge on any atom is -1.00 e. The van der Waals surface area contributed by atoms with Crippen molar-refractivity contribution in [3.8, 4) is 0 Å². The molecule has 122 valence electrons. The van der Waals surface area contributed by atoms with Crippen molar-refractivity contribution >= 4 is 17.9 Å². The van der Waals surface area contributed by atoms with Crippen molar-refractivity contribution in [2.45, 2.75) is 13.2 Å². The number of hydrogen-bond donors (Lipinski definition) is 5. The summed E-state index contributed by atoms with van der Waals surface area (Å²) >= 11 is 0. The van der Waals surface area contributed by atoms with Gasteiger partial charge in [-0.05, 0) is 6.92 Å². The summed E-state index contributed by atoms with van der Waals surface area (Å²) < 4.78 is 4.33. The van der Waals surface area contributed by atoms with Crippen LogP contribution in [0, 0.1) is 0 Å². The van der Waals surface area contributed by atoms with Gasteiger partial charge in [-0.3, -0.25) is 19.3 Å². The number of esters is 1. The van der Waals surface area contributed by atoms with Gasteiger partial charge in [0, 0.05) is 0 Å². The molecule has 0 aromatic heterocycles. The summed E-state index contributed by atoms with van der Waals surface area (Å²) in [5, 5.41) is 25.6. The number of carbonyl (C=O) groups excluding carboxylic acids is 1. The molecule has 0 aliphatic heterocycles. The molecular formula is C10H24N3NaO7. The average molecular weight is 321 g/mol. The van der Waals surface area contributed by atoms with E-state index in [0.29, 0.717) is 0 Å². The summed E-state index contributed by atoms with van der Waals surface area (Å²) in [7, 11) is 0. The van der Waals surface area contributed by atoms with Crippen LogP contribution in [0.4, 0.5) is 0 Å². The van der Waals surface area contributed by atoms with E-state index in [-0.39, 0.29) is 43.3 Å². The van der Waals surface area contributed by atoms with E-state index in [4.69, 9.17) is 15.3 Å². The van der Waals surface area contributed by atoms with Gasteiger partial charge < -0.3 is 33.8 Å². The maximum Gasteiger partial charge on any atom is 1.00 e. The van der Waals surface area contributed by atoms with Gasteiger partial charge in [-0.25, -0.2) is 0 Å². The number of aliphatic hydroxyl groups excluding tert-OH is 1.